The van der Waals surface area contributed by atoms with Gasteiger partial charge in [-0.3, -0.25) is 4.90 Å². The summed E-state index contributed by atoms with van der Waals surface area (Å²) in [7, 11) is 0. The average molecular weight is 328 g/mol. The van der Waals surface area contributed by atoms with Crippen molar-refractivity contribution in [2.24, 2.45) is 0 Å². The van der Waals surface area contributed by atoms with E-state index in [1.54, 1.807) is 0 Å². The highest BCUT2D eigenvalue weighted by molar-refractivity contribution is 9.10. The van der Waals surface area contributed by atoms with Gasteiger partial charge in [0.25, 0.3) is 0 Å². The van der Waals surface area contributed by atoms with Crippen LogP contribution in [0.4, 0.5) is 0 Å². The maximum absolute atomic E-state index is 5.89. The summed E-state index contributed by atoms with van der Waals surface area (Å²) < 4.78 is 12.7. The molecule has 1 saturated heterocycles. The normalized spacial score (nSPS) is 23.3. The lowest BCUT2D eigenvalue weighted by atomic mass is 10.1. The van der Waals surface area contributed by atoms with Crippen LogP contribution in [0.3, 0.4) is 0 Å². The number of halogens is 1. The Kier molecular flexibility index (Phi) is 4.87. The van der Waals surface area contributed by atoms with Crippen molar-refractivity contribution in [3.8, 4) is 5.75 Å². The quantitative estimate of drug-likeness (QED) is 0.846. The maximum Gasteiger partial charge on any atom is 0.119 e. The lowest BCUT2D eigenvalue weighted by Crippen LogP contribution is -2.52. The Morgan fingerprint density at radius 2 is 2.05 bits per heavy atom. The number of nitrogens with zero attached hydrogens (tertiary/aromatic N) is 1. The Morgan fingerprint density at radius 3 is 2.68 bits per heavy atom. The standard InChI is InChI=1S/C15H22BrNO2/c1-12-10-17(11-15(2,3)19-12)8-9-18-14-6-4-13(16)5-7-14/h4-7,12H,8-11H2,1-3H3. The van der Waals surface area contributed by atoms with Crippen molar-refractivity contribution in [1.29, 1.82) is 0 Å². The van der Waals surface area contributed by atoms with Crippen LogP contribution in [0.5, 0.6) is 5.75 Å². The molecule has 1 aliphatic rings. The van der Waals surface area contributed by atoms with Gasteiger partial charge in [-0.05, 0) is 45.0 Å². The Bertz CT molecular complexity index is 405. The Balaban J connectivity index is 1.77. The molecule has 2 rings (SSSR count). The molecular weight excluding hydrogens is 306 g/mol. The third kappa shape index (κ3) is 4.79. The van der Waals surface area contributed by atoms with E-state index in [1.807, 2.05) is 24.3 Å². The van der Waals surface area contributed by atoms with E-state index in [0.29, 0.717) is 6.61 Å². The number of hydrogen-bond acceptors (Lipinski definition) is 3. The molecule has 0 N–H and O–H groups in total. The zero-order valence-corrected chi connectivity index (χ0v) is 13.4. The Morgan fingerprint density at radius 1 is 1.37 bits per heavy atom. The van der Waals surface area contributed by atoms with Gasteiger partial charge < -0.3 is 9.47 Å². The highest BCUT2D eigenvalue weighted by atomic mass is 79.9. The predicted octanol–water partition coefficient (Wildman–Crippen LogP) is 3.33. The third-order valence-corrected chi connectivity index (χ3v) is 3.66. The largest absolute Gasteiger partial charge is 0.492 e. The highest BCUT2D eigenvalue weighted by Gasteiger charge is 2.30. The van der Waals surface area contributed by atoms with E-state index in [0.717, 1.165) is 29.9 Å². The number of benzene rings is 1. The number of morpholine rings is 1. The first kappa shape index (κ1) is 14.8. The van der Waals surface area contributed by atoms with Crippen LogP contribution in [0.1, 0.15) is 20.8 Å². The molecule has 3 nitrogen and oxygen atoms in total. The molecule has 1 atom stereocenters. The van der Waals surface area contributed by atoms with Gasteiger partial charge in [-0.15, -0.1) is 0 Å². The number of hydrogen-bond donors (Lipinski definition) is 0. The van der Waals surface area contributed by atoms with Crippen LogP contribution in [0.25, 0.3) is 0 Å². The fourth-order valence-electron chi connectivity index (χ4n) is 2.58. The fourth-order valence-corrected chi connectivity index (χ4v) is 2.84. The van der Waals surface area contributed by atoms with Crippen molar-refractivity contribution in [2.75, 3.05) is 26.2 Å². The van der Waals surface area contributed by atoms with Crippen molar-refractivity contribution < 1.29 is 9.47 Å². The minimum Gasteiger partial charge on any atom is -0.492 e. The molecule has 0 bridgehead atoms. The predicted molar refractivity (Wildman–Crippen MR) is 80.7 cm³/mol. The Labute approximate surface area is 124 Å². The molecule has 1 aromatic rings. The molecule has 1 aliphatic heterocycles. The second kappa shape index (κ2) is 6.25. The van der Waals surface area contributed by atoms with E-state index in [9.17, 15) is 0 Å². The molecule has 0 aliphatic carbocycles. The summed E-state index contributed by atoms with van der Waals surface area (Å²) in [5.74, 6) is 0.920. The van der Waals surface area contributed by atoms with E-state index < -0.39 is 0 Å². The van der Waals surface area contributed by atoms with Crippen LogP contribution in [-0.2, 0) is 4.74 Å². The van der Waals surface area contributed by atoms with Gasteiger partial charge >= 0.3 is 0 Å². The molecule has 1 aromatic carbocycles. The van der Waals surface area contributed by atoms with Crippen LogP contribution in [0, 0.1) is 0 Å². The molecule has 0 aromatic heterocycles. The van der Waals surface area contributed by atoms with Gasteiger partial charge in [-0.2, -0.15) is 0 Å². The topological polar surface area (TPSA) is 21.7 Å². The smallest absolute Gasteiger partial charge is 0.119 e. The lowest BCUT2D eigenvalue weighted by molar-refractivity contribution is -0.129. The van der Waals surface area contributed by atoms with Crippen molar-refractivity contribution in [2.45, 2.75) is 32.5 Å². The summed E-state index contributed by atoms with van der Waals surface area (Å²) in [6.45, 7) is 10.0. The first-order chi connectivity index (χ1) is 8.94. The first-order valence-corrected chi connectivity index (χ1v) is 7.52. The van der Waals surface area contributed by atoms with Crippen LogP contribution in [0.15, 0.2) is 28.7 Å². The molecule has 1 heterocycles. The minimum absolute atomic E-state index is 0.0602. The summed E-state index contributed by atoms with van der Waals surface area (Å²) in [6, 6.07) is 7.95. The van der Waals surface area contributed by atoms with E-state index in [4.69, 9.17) is 9.47 Å². The molecule has 1 unspecified atom stereocenters. The summed E-state index contributed by atoms with van der Waals surface area (Å²) >= 11 is 3.42. The van der Waals surface area contributed by atoms with Gasteiger partial charge in [0.05, 0.1) is 11.7 Å². The molecule has 106 valence electrons. The average Bonchev–Trinajstić information content (AvgIpc) is 2.29. The maximum atomic E-state index is 5.89. The molecule has 0 saturated carbocycles. The van der Waals surface area contributed by atoms with Crippen molar-refractivity contribution in [1.82, 2.24) is 4.90 Å². The third-order valence-electron chi connectivity index (χ3n) is 3.13. The summed E-state index contributed by atoms with van der Waals surface area (Å²) in [5, 5.41) is 0. The van der Waals surface area contributed by atoms with Gasteiger partial charge in [0, 0.05) is 24.1 Å². The minimum atomic E-state index is -0.0602. The van der Waals surface area contributed by atoms with Crippen molar-refractivity contribution in [3.05, 3.63) is 28.7 Å². The van der Waals surface area contributed by atoms with Crippen LogP contribution in [-0.4, -0.2) is 42.8 Å². The SMILES string of the molecule is CC1CN(CCOc2ccc(Br)cc2)CC(C)(C)O1. The van der Waals surface area contributed by atoms with Gasteiger partial charge in [-0.25, -0.2) is 0 Å². The molecule has 0 spiro atoms. The molecule has 1 fully saturated rings. The zero-order valence-electron chi connectivity index (χ0n) is 11.9. The van der Waals surface area contributed by atoms with E-state index >= 15 is 0 Å². The fraction of sp³-hybridized carbons (Fsp3) is 0.600. The van der Waals surface area contributed by atoms with Crippen LogP contribution >= 0.6 is 15.9 Å². The first-order valence-electron chi connectivity index (χ1n) is 6.73. The molecule has 0 radical (unpaired) electrons. The zero-order chi connectivity index (χ0) is 13.9. The highest BCUT2D eigenvalue weighted by Crippen LogP contribution is 2.21. The van der Waals surface area contributed by atoms with E-state index in [-0.39, 0.29) is 11.7 Å². The summed E-state index contributed by atoms with van der Waals surface area (Å²) in [6.07, 6.45) is 0.288. The number of ether oxygens (including phenoxy) is 2. The molecular formula is C15H22BrNO2. The molecule has 4 heteroatoms. The molecule has 19 heavy (non-hydrogen) atoms. The van der Waals surface area contributed by atoms with Gasteiger partial charge in [-0.1, -0.05) is 15.9 Å². The van der Waals surface area contributed by atoms with Gasteiger partial charge in [0.2, 0.25) is 0 Å². The summed E-state index contributed by atoms with van der Waals surface area (Å²) in [5.41, 5.74) is -0.0602. The van der Waals surface area contributed by atoms with E-state index in [1.165, 1.54) is 0 Å². The van der Waals surface area contributed by atoms with E-state index in [2.05, 4.69) is 41.6 Å². The van der Waals surface area contributed by atoms with Crippen molar-refractivity contribution >= 4 is 15.9 Å². The van der Waals surface area contributed by atoms with Crippen LogP contribution < -0.4 is 4.74 Å². The number of rotatable bonds is 4. The monoisotopic (exact) mass is 327 g/mol. The summed E-state index contributed by atoms with van der Waals surface area (Å²) in [4.78, 5) is 2.41. The van der Waals surface area contributed by atoms with Crippen molar-refractivity contribution in [3.63, 3.8) is 0 Å². The van der Waals surface area contributed by atoms with Gasteiger partial charge in [0.15, 0.2) is 0 Å². The van der Waals surface area contributed by atoms with Crippen LogP contribution in [0.2, 0.25) is 0 Å². The second-order valence-corrected chi connectivity index (χ2v) is 6.64. The second-order valence-electron chi connectivity index (χ2n) is 5.73. The lowest BCUT2D eigenvalue weighted by Gasteiger charge is -2.41. The molecule has 0 amide bonds. The Hall–Kier alpha value is -0.580. The van der Waals surface area contributed by atoms with Gasteiger partial charge in [0.1, 0.15) is 12.4 Å².